The van der Waals surface area contributed by atoms with Gasteiger partial charge < -0.3 is 9.15 Å². The van der Waals surface area contributed by atoms with Crippen LogP contribution in [0, 0.1) is 20.2 Å². The molecule has 1 heterocycles. The van der Waals surface area contributed by atoms with E-state index in [9.17, 15) is 25.0 Å². The Kier molecular flexibility index (Phi) is 6.36. The fourth-order valence-electron chi connectivity index (χ4n) is 2.64. The number of hydrogen-bond acceptors (Lipinski definition) is 9. The van der Waals surface area contributed by atoms with Crippen molar-refractivity contribution in [1.82, 2.24) is 0 Å². The number of anilines is 1. The van der Waals surface area contributed by atoms with Crippen LogP contribution in [0.3, 0.4) is 0 Å². The predicted molar refractivity (Wildman–Crippen MR) is 111 cm³/mol. The Morgan fingerprint density at radius 3 is 2.65 bits per heavy atom. The number of ether oxygens (including phenoxy) is 1. The van der Waals surface area contributed by atoms with Gasteiger partial charge in [-0.15, -0.1) is 0 Å². The molecular weight excluding hydrogens is 408 g/mol. The standard InChI is InChI=1S/C20H16N4O7/c1-2-30-20(25)14-5-3-4-13(10-14)19-9-7-16(31-19)12-21-22-17-8-6-15(23(26)27)11-18(17)24(28)29/h3-12,22H,2H2,1H3/b21-12-. The quantitative estimate of drug-likeness (QED) is 0.242. The first kappa shape index (κ1) is 21.2. The molecule has 3 aromatic rings. The number of nitrogens with one attached hydrogen (secondary N) is 1. The van der Waals surface area contributed by atoms with Crippen molar-refractivity contribution in [2.24, 2.45) is 5.10 Å². The van der Waals surface area contributed by atoms with E-state index in [0.717, 1.165) is 12.1 Å². The molecule has 0 aliphatic heterocycles. The molecule has 0 bridgehead atoms. The Morgan fingerprint density at radius 1 is 1.13 bits per heavy atom. The lowest BCUT2D eigenvalue weighted by molar-refractivity contribution is -0.393. The number of carbonyl (C=O) groups excluding carboxylic acids is 1. The highest BCUT2D eigenvalue weighted by molar-refractivity contribution is 5.91. The highest BCUT2D eigenvalue weighted by Gasteiger charge is 2.19. The van der Waals surface area contributed by atoms with Gasteiger partial charge in [0, 0.05) is 11.6 Å². The van der Waals surface area contributed by atoms with Gasteiger partial charge in [0.2, 0.25) is 0 Å². The van der Waals surface area contributed by atoms with E-state index in [-0.39, 0.29) is 12.3 Å². The van der Waals surface area contributed by atoms with E-state index in [1.165, 1.54) is 12.3 Å². The minimum Gasteiger partial charge on any atom is -0.462 e. The summed E-state index contributed by atoms with van der Waals surface area (Å²) in [6.45, 7) is 1.99. The molecule has 0 amide bonds. The number of hydrazone groups is 1. The summed E-state index contributed by atoms with van der Waals surface area (Å²) in [5.41, 5.74) is 2.63. The van der Waals surface area contributed by atoms with E-state index in [4.69, 9.17) is 9.15 Å². The molecule has 1 aromatic heterocycles. The van der Waals surface area contributed by atoms with Crippen molar-refractivity contribution in [2.75, 3.05) is 12.0 Å². The van der Waals surface area contributed by atoms with E-state index >= 15 is 0 Å². The Bertz CT molecular complexity index is 1170. The lowest BCUT2D eigenvalue weighted by Gasteiger charge is -2.03. The van der Waals surface area contributed by atoms with E-state index in [2.05, 4.69) is 10.5 Å². The van der Waals surface area contributed by atoms with E-state index in [1.54, 1.807) is 43.3 Å². The Labute approximate surface area is 175 Å². The zero-order valence-corrected chi connectivity index (χ0v) is 16.2. The van der Waals surface area contributed by atoms with Crippen LogP contribution in [0.2, 0.25) is 0 Å². The van der Waals surface area contributed by atoms with Gasteiger partial charge in [-0.1, -0.05) is 12.1 Å². The fraction of sp³-hybridized carbons (Fsp3) is 0.100. The van der Waals surface area contributed by atoms with Crippen molar-refractivity contribution < 1.29 is 23.8 Å². The number of carbonyl (C=O) groups is 1. The fourth-order valence-corrected chi connectivity index (χ4v) is 2.64. The van der Waals surface area contributed by atoms with E-state index in [0.29, 0.717) is 22.6 Å². The van der Waals surface area contributed by atoms with Gasteiger partial charge in [-0.3, -0.25) is 25.7 Å². The molecule has 0 unspecified atom stereocenters. The summed E-state index contributed by atoms with van der Waals surface area (Å²) in [6, 6.07) is 13.2. The van der Waals surface area contributed by atoms with Crippen LogP contribution in [-0.2, 0) is 4.74 Å². The average molecular weight is 424 g/mol. The van der Waals surface area contributed by atoms with Gasteiger partial charge in [0.15, 0.2) is 0 Å². The normalized spacial score (nSPS) is 10.7. The number of nitro groups is 2. The topological polar surface area (TPSA) is 150 Å². The summed E-state index contributed by atoms with van der Waals surface area (Å²) in [7, 11) is 0. The van der Waals surface area contributed by atoms with Crippen molar-refractivity contribution in [1.29, 1.82) is 0 Å². The smallest absolute Gasteiger partial charge is 0.338 e. The third-order valence-corrected chi connectivity index (χ3v) is 4.05. The van der Waals surface area contributed by atoms with Gasteiger partial charge in [0.25, 0.3) is 5.69 Å². The Morgan fingerprint density at radius 2 is 1.94 bits per heavy atom. The molecule has 0 aliphatic carbocycles. The third kappa shape index (κ3) is 5.09. The molecular formula is C20H16N4O7. The third-order valence-electron chi connectivity index (χ3n) is 4.05. The number of hydrogen-bond donors (Lipinski definition) is 1. The number of nitrogens with zero attached hydrogens (tertiary/aromatic N) is 3. The molecule has 31 heavy (non-hydrogen) atoms. The van der Waals surface area contributed by atoms with Gasteiger partial charge >= 0.3 is 11.7 Å². The first-order valence-electron chi connectivity index (χ1n) is 8.98. The van der Waals surface area contributed by atoms with Crippen molar-refractivity contribution in [3.8, 4) is 11.3 Å². The molecule has 0 fully saturated rings. The Balaban J connectivity index is 1.75. The maximum atomic E-state index is 11.9. The zero-order valence-electron chi connectivity index (χ0n) is 16.2. The van der Waals surface area contributed by atoms with E-state index < -0.39 is 27.2 Å². The molecule has 0 saturated carbocycles. The molecule has 0 spiro atoms. The first-order chi connectivity index (χ1) is 14.9. The van der Waals surface area contributed by atoms with Crippen LogP contribution < -0.4 is 5.43 Å². The van der Waals surface area contributed by atoms with Crippen molar-refractivity contribution in [3.05, 3.63) is 86.1 Å². The maximum absolute atomic E-state index is 11.9. The Hall–Kier alpha value is -4.54. The van der Waals surface area contributed by atoms with Gasteiger partial charge in [-0.05, 0) is 37.3 Å². The van der Waals surface area contributed by atoms with Crippen molar-refractivity contribution in [2.45, 2.75) is 6.92 Å². The lowest BCUT2D eigenvalue weighted by Crippen LogP contribution is -2.04. The summed E-state index contributed by atoms with van der Waals surface area (Å²) in [5.74, 6) is 0.383. The van der Waals surface area contributed by atoms with Crippen LogP contribution in [0.4, 0.5) is 17.1 Å². The zero-order chi connectivity index (χ0) is 22.4. The molecule has 0 saturated heterocycles. The summed E-state index contributed by atoms with van der Waals surface area (Å²) >= 11 is 0. The van der Waals surface area contributed by atoms with Crippen LogP contribution in [0.15, 0.2) is 64.1 Å². The molecule has 11 nitrogen and oxygen atoms in total. The van der Waals surface area contributed by atoms with Gasteiger partial charge in [-0.2, -0.15) is 5.10 Å². The summed E-state index contributed by atoms with van der Waals surface area (Å²) in [6.07, 6.45) is 1.30. The molecule has 1 N–H and O–H groups in total. The highest BCUT2D eigenvalue weighted by atomic mass is 16.6. The largest absolute Gasteiger partial charge is 0.462 e. The second kappa shape index (κ2) is 9.31. The number of furan rings is 1. The molecule has 3 rings (SSSR count). The number of non-ortho nitro benzene ring substituents is 1. The first-order valence-corrected chi connectivity index (χ1v) is 8.98. The van der Waals surface area contributed by atoms with E-state index in [1.807, 2.05) is 0 Å². The summed E-state index contributed by atoms with van der Waals surface area (Å²) < 4.78 is 10.6. The van der Waals surface area contributed by atoms with Crippen molar-refractivity contribution in [3.63, 3.8) is 0 Å². The molecule has 2 aromatic carbocycles. The summed E-state index contributed by atoms with van der Waals surface area (Å²) in [4.78, 5) is 32.3. The maximum Gasteiger partial charge on any atom is 0.338 e. The van der Waals surface area contributed by atoms with Crippen LogP contribution in [0.25, 0.3) is 11.3 Å². The molecule has 158 valence electrons. The van der Waals surface area contributed by atoms with Gasteiger partial charge in [0.1, 0.15) is 17.2 Å². The van der Waals surface area contributed by atoms with Crippen molar-refractivity contribution >= 4 is 29.2 Å². The van der Waals surface area contributed by atoms with Crippen LogP contribution in [-0.4, -0.2) is 28.6 Å². The predicted octanol–water partition coefficient (Wildman–Crippen LogP) is 4.39. The molecule has 11 heteroatoms. The summed E-state index contributed by atoms with van der Waals surface area (Å²) in [5, 5.41) is 25.8. The molecule has 0 radical (unpaired) electrons. The van der Waals surface area contributed by atoms with Gasteiger partial charge in [-0.25, -0.2) is 4.79 Å². The van der Waals surface area contributed by atoms with Gasteiger partial charge in [0.05, 0.1) is 34.3 Å². The SMILES string of the molecule is CCOC(=O)c1cccc(-c2ccc(/C=N\Nc3ccc([N+](=O)[O-])cc3[N+](=O)[O-])o2)c1. The minimum atomic E-state index is -0.744. The number of rotatable bonds is 8. The number of benzene rings is 2. The number of nitro benzene ring substituents is 2. The highest BCUT2D eigenvalue weighted by Crippen LogP contribution is 2.29. The molecule has 0 aliphatic rings. The number of esters is 1. The average Bonchev–Trinajstić information content (AvgIpc) is 3.23. The van der Waals surface area contributed by atoms with Crippen LogP contribution in [0.1, 0.15) is 23.0 Å². The van der Waals surface area contributed by atoms with Crippen LogP contribution in [0.5, 0.6) is 0 Å². The molecule has 0 atom stereocenters. The second-order valence-electron chi connectivity index (χ2n) is 6.09. The van der Waals surface area contributed by atoms with Crippen LogP contribution >= 0.6 is 0 Å². The minimum absolute atomic E-state index is 0.0132. The lowest BCUT2D eigenvalue weighted by atomic mass is 10.1. The second-order valence-corrected chi connectivity index (χ2v) is 6.09. The monoisotopic (exact) mass is 424 g/mol.